The molecule has 1 atom stereocenters. The van der Waals surface area contributed by atoms with Gasteiger partial charge in [0.05, 0.1) is 11.5 Å². The first kappa shape index (κ1) is 12.8. The van der Waals surface area contributed by atoms with E-state index in [1.165, 1.54) is 0 Å². The van der Waals surface area contributed by atoms with Gasteiger partial charge in [-0.05, 0) is 22.4 Å². The Bertz CT molecular complexity index is 518. The molecule has 2 rings (SSSR count). The lowest BCUT2D eigenvalue weighted by molar-refractivity contribution is 0.602. The normalized spacial score (nSPS) is 22.6. The average molecular weight is 320 g/mol. The van der Waals surface area contributed by atoms with Crippen molar-refractivity contribution in [3.8, 4) is 0 Å². The summed E-state index contributed by atoms with van der Waals surface area (Å²) in [6, 6.07) is 1.73. The SMILES string of the molecule is CCc1nc(Br)cc(NC2CCS(=O)(=O)C2)n1. The van der Waals surface area contributed by atoms with Crippen molar-refractivity contribution in [3.05, 3.63) is 16.5 Å². The summed E-state index contributed by atoms with van der Waals surface area (Å²) in [7, 11) is -2.86. The first-order valence-electron chi connectivity index (χ1n) is 5.49. The largest absolute Gasteiger partial charge is 0.366 e. The molecule has 5 nitrogen and oxygen atoms in total. The highest BCUT2D eigenvalue weighted by atomic mass is 79.9. The molecular weight excluding hydrogens is 306 g/mol. The van der Waals surface area contributed by atoms with E-state index in [4.69, 9.17) is 0 Å². The molecule has 0 spiro atoms. The van der Waals surface area contributed by atoms with Crippen LogP contribution in [0.4, 0.5) is 5.82 Å². The van der Waals surface area contributed by atoms with Gasteiger partial charge >= 0.3 is 0 Å². The fourth-order valence-electron chi connectivity index (χ4n) is 1.81. The van der Waals surface area contributed by atoms with Crippen molar-refractivity contribution in [1.82, 2.24) is 9.97 Å². The number of aryl methyl sites for hydroxylation is 1. The molecule has 1 aliphatic heterocycles. The third-order valence-electron chi connectivity index (χ3n) is 2.64. The van der Waals surface area contributed by atoms with Gasteiger partial charge in [-0.2, -0.15) is 0 Å². The van der Waals surface area contributed by atoms with E-state index in [1.54, 1.807) is 6.07 Å². The maximum atomic E-state index is 11.3. The highest BCUT2D eigenvalue weighted by molar-refractivity contribution is 9.10. The van der Waals surface area contributed by atoms with E-state index in [9.17, 15) is 8.42 Å². The van der Waals surface area contributed by atoms with Gasteiger partial charge in [-0.25, -0.2) is 18.4 Å². The van der Waals surface area contributed by atoms with Gasteiger partial charge in [-0.3, -0.25) is 0 Å². The predicted octanol–water partition coefficient (Wildman–Crippen LogP) is 1.40. The lowest BCUT2D eigenvalue weighted by atomic mass is 10.2. The van der Waals surface area contributed by atoms with E-state index in [0.29, 0.717) is 16.8 Å². The summed E-state index contributed by atoms with van der Waals surface area (Å²) in [5.41, 5.74) is 0. The van der Waals surface area contributed by atoms with Crippen LogP contribution in [-0.2, 0) is 16.3 Å². The van der Waals surface area contributed by atoms with Crippen LogP contribution in [0, 0.1) is 0 Å². The van der Waals surface area contributed by atoms with E-state index in [-0.39, 0.29) is 17.5 Å². The first-order chi connectivity index (χ1) is 7.98. The van der Waals surface area contributed by atoms with E-state index < -0.39 is 9.84 Å². The molecule has 1 aromatic heterocycles. The first-order valence-corrected chi connectivity index (χ1v) is 8.10. The Morgan fingerprint density at radius 2 is 2.29 bits per heavy atom. The molecule has 0 aliphatic carbocycles. The summed E-state index contributed by atoms with van der Waals surface area (Å²) in [4.78, 5) is 8.52. The fraction of sp³-hybridized carbons (Fsp3) is 0.600. The Balaban J connectivity index is 2.11. The molecule has 0 amide bonds. The third kappa shape index (κ3) is 3.38. The monoisotopic (exact) mass is 319 g/mol. The zero-order valence-corrected chi connectivity index (χ0v) is 11.9. The molecular formula is C10H14BrN3O2S. The molecule has 1 unspecified atom stereocenters. The molecule has 1 aliphatic rings. The summed E-state index contributed by atoms with van der Waals surface area (Å²) in [5.74, 6) is 1.88. The van der Waals surface area contributed by atoms with Gasteiger partial charge in [0.25, 0.3) is 0 Å². The Kier molecular flexibility index (Phi) is 3.67. The number of anilines is 1. The van der Waals surface area contributed by atoms with Crippen LogP contribution < -0.4 is 5.32 Å². The van der Waals surface area contributed by atoms with Gasteiger partial charge in [0, 0.05) is 18.5 Å². The van der Waals surface area contributed by atoms with Gasteiger partial charge in [0.1, 0.15) is 16.2 Å². The van der Waals surface area contributed by atoms with Crippen molar-refractivity contribution in [2.75, 3.05) is 16.8 Å². The van der Waals surface area contributed by atoms with E-state index in [0.717, 1.165) is 12.2 Å². The number of sulfone groups is 1. The maximum absolute atomic E-state index is 11.3. The Morgan fingerprint density at radius 1 is 1.53 bits per heavy atom. The van der Waals surface area contributed by atoms with Gasteiger partial charge in [-0.15, -0.1) is 0 Å². The second-order valence-electron chi connectivity index (χ2n) is 4.09. The van der Waals surface area contributed by atoms with Crippen LogP contribution in [0.2, 0.25) is 0 Å². The minimum atomic E-state index is -2.86. The number of hydrogen-bond acceptors (Lipinski definition) is 5. The van der Waals surface area contributed by atoms with Gasteiger partial charge in [-0.1, -0.05) is 6.92 Å². The number of halogens is 1. The number of rotatable bonds is 3. The highest BCUT2D eigenvalue weighted by Crippen LogP contribution is 2.18. The quantitative estimate of drug-likeness (QED) is 0.853. The van der Waals surface area contributed by atoms with Crippen molar-refractivity contribution in [1.29, 1.82) is 0 Å². The summed E-state index contributed by atoms with van der Waals surface area (Å²) in [6.07, 6.45) is 1.39. The molecule has 17 heavy (non-hydrogen) atoms. The lowest BCUT2D eigenvalue weighted by Crippen LogP contribution is -2.21. The topological polar surface area (TPSA) is 72.0 Å². The summed E-state index contributed by atoms with van der Waals surface area (Å²) < 4.78 is 23.4. The van der Waals surface area contributed by atoms with Crippen LogP contribution in [0.3, 0.4) is 0 Å². The van der Waals surface area contributed by atoms with Crippen LogP contribution in [-0.4, -0.2) is 35.9 Å². The molecule has 7 heteroatoms. The zero-order chi connectivity index (χ0) is 12.5. The van der Waals surface area contributed by atoms with Crippen molar-refractivity contribution >= 4 is 31.6 Å². The Morgan fingerprint density at radius 3 is 2.88 bits per heavy atom. The molecule has 94 valence electrons. The minimum absolute atomic E-state index is 0.0356. The molecule has 1 saturated heterocycles. The van der Waals surface area contributed by atoms with Crippen molar-refractivity contribution in [2.45, 2.75) is 25.8 Å². The standard InChI is InChI=1S/C10H14BrN3O2S/c1-2-9-13-8(11)5-10(14-9)12-7-3-4-17(15,16)6-7/h5,7H,2-4,6H2,1H3,(H,12,13,14). The third-order valence-corrected chi connectivity index (χ3v) is 4.82. The van der Waals surface area contributed by atoms with Crippen LogP contribution in [0.25, 0.3) is 0 Å². The number of nitrogens with one attached hydrogen (secondary N) is 1. The van der Waals surface area contributed by atoms with Crippen molar-refractivity contribution < 1.29 is 8.42 Å². The Hall–Kier alpha value is -0.690. The molecule has 0 bridgehead atoms. The van der Waals surface area contributed by atoms with E-state index in [2.05, 4.69) is 31.2 Å². The van der Waals surface area contributed by atoms with Crippen LogP contribution in [0.15, 0.2) is 10.7 Å². The van der Waals surface area contributed by atoms with Gasteiger partial charge in [0.15, 0.2) is 9.84 Å². The van der Waals surface area contributed by atoms with Crippen LogP contribution in [0.5, 0.6) is 0 Å². The lowest BCUT2D eigenvalue weighted by Gasteiger charge is -2.12. The fourth-order valence-corrected chi connectivity index (χ4v) is 3.91. The maximum Gasteiger partial charge on any atom is 0.152 e. The van der Waals surface area contributed by atoms with Crippen LogP contribution in [0.1, 0.15) is 19.2 Å². The smallest absolute Gasteiger partial charge is 0.152 e. The van der Waals surface area contributed by atoms with E-state index in [1.807, 2.05) is 6.92 Å². The molecule has 1 aromatic rings. The van der Waals surface area contributed by atoms with Crippen LogP contribution >= 0.6 is 15.9 Å². The van der Waals surface area contributed by atoms with E-state index >= 15 is 0 Å². The zero-order valence-electron chi connectivity index (χ0n) is 9.48. The van der Waals surface area contributed by atoms with Gasteiger partial charge in [0.2, 0.25) is 0 Å². The van der Waals surface area contributed by atoms with Crippen molar-refractivity contribution in [3.63, 3.8) is 0 Å². The molecule has 0 aromatic carbocycles. The minimum Gasteiger partial charge on any atom is -0.366 e. The second kappa shape index (κ2) is 4.89. The van der Waals surface area contributed by atoms with Crippen molar-refractivity contribution in [2.24, 2.45) is 0 Å². The number of aromatic nitrogens is 2. The second-order valence-corrected chi connectivity index (χ2v) is 7.13. The predicted molar refractivity (Wildman–Crippen MR) is 69.8 cm³/mol. The summed E-state index contributed by atoms with van der Waals surface area (Å²) in [6.45, 7) is 1.98. The highest BCUT2D eigenvalue weighted by Gasteiger charge is 2.27. The molecule has 0 radical (unpaired) electrons. The number of nitrogens with zero attached hydrogens (tertiary/aromatic N) is 2. The molecule has 0 saturated carbocycles. The number of hydrogen-bond donors (Lipinski definition) is 1. The Labute approximate surface area is 109 Å². The summed E-state index contributed by atoms with van der Waals surface area (Å²) >= 11 is 3.32. The molecule has 2 heterocycles. The molecule has 1 N–H and O–H groups in total. The summed E-state index contributed by atoms with van der Waals surface area (Å²) in [5, 5.41) is 3.15. The average Bonchev–Trinajstić information content (AvgIpc) is 2.57. The van der Waals surface area contributed by atoms with Gasteiger partial charge < -0.3 is 5.32 Å². The molecule has 1 fully saturated rings.